The summed E-state index contributed by atoms with van der Waals surface area (Å²) in [6.45, 7) is 4.25. The third-order valence-corrected chi connectivity index (χ3v) is 4.99. The first-order chi connectivity index (χ1) is 11.7. The number of benzene rings is 1. The van der Waals surface area contributed by atoms with E-state index in [9.17, 15) is 4.39 Å². The van der Waals surface area contributed by atoms with Crippen molar-refractivity contribution in [1.82, 2.24) is 14.5 Å². The molecule has 4 rings (SSSR count). The number of halogens is 1. The first kappa shape index (κ1) is 15.8. The zero-order valence-electron chi connectivity index (χ0n) is 14.1. The molecule has 0 N–H and O–H groups in total. The SMILES string of the molecule is Cn1cnc2c1C(COCC1CC1)CN(Cc1ccc(F)cc1)C2. The summed E-state index contributed by atoms with van der Waals surface area (Å²) < 4.78 is 21.2. The van der Waals surface area contributed by atoms with E-state index in [1.807, 2.05) is 18.5 Å². The van der Waals surface area contributed by atoms with Crippen LogP contribution in [0.4, 0.5) is 4.39 Å². The lowest BCUT2D eigenvalue weighted by atomic mass is 9.98. The minimum absolute atomic E-state index is 0.184. The van der Waals surface area contributed by atoms with Gasteiger partial charge in [-0.1, -0.05) is 12.1 Å². The smallest absolute Gasteiger partial charge is 0.123 e. The van der Waals surface area contributed by atoms with E-state index in [1.54, 1.807) is 0 Å². The number of imidazole rings is 1. The molecule has 128 valence electrons. The summed E-state index contributed by atoms with van der Waals surface area (Å²) in [6.07, 6.45) is 4.54. The molecule has 1 fully saturated rings. The predicted octanol–water partition coefficient (Wildman–Crippen LogP) is 3.09. The fourth-order valence-electron chi connectivity index (χ4n) is 3.57. The fraction of sp³-hybridized carbons (Fsp3) is 0.526. The molecular weight excluding hydrogens is 305 g/mol. The lowest BCUT2D eigenvalue weighted by molar-refractivity contribution is 0.0867. The average Bonchev–Trinajstić information content (AvgIpc) is 3.32. The highest BCUT2D eigenvalue weighted by molar-refractivity contribution is 5.23. The minimum Gasteiger partial charge on any atom is -0.380 e. The molecule has 0 bridgehead atoms. The van der Waals surface area contributed by atoms with Gasteiger partial charge in [0.05, 0.1) is 18.6 Å². The Balaban J connectivity index is 1.45. The number of rotatable bonds is 6. The Morgan fingerprint density at radius 3 is 2.75 bits per heavy atom. The van der Waals surface area contributed by atoms with E-state index in [-0.39, 0.29) is 5.82 Å². The maximum atomic E-state index is 13.1. The first-order valence-electron chi connectivity index (χ1n) is 8.73. The molecule has 1 aromatic carbocycles. The van der Waals surface area contributed by atoms with E-state index < -0.39 is 0 Å². The van der Waals surface area contributed by atoms with E-state index in [4.69, 9.17) is 4.74 Å². The van der Waals surface area contributed by atoms with Gasteiger partial charge in [-0.25, -0.2) is 9.37 Å². The molecule has 1 aliphatic heterocycles. The molecule has 2 aliphatic rings. The van der Waals surface area contributed by atoms with Crippen LogP contribution >= 0.6 is 0 Å². The van der Waals surface area contributed by atoms with Crippen LogP contribution in [0, 0.1) is 11.7 Å². The van der Waals surface area contributed by atoms with E-state index in [0.717, 1.165) is 50.0 Å². The third-order valence-electron chi connectivity index (χ3n) is 4.99. The molecule has 1 saturated carbocycles. The zero-order chi connectivity index (χ0) is 16.5. The highest BCUT2D eigenvalue weighted by Gasteiger charge is 2.30. The molecule has 0 spiro atoms. The quantitative estimate of drug-likeness (QED) is 0.816. The molecule has 2 heterocycles. The lowest BCUT2D eigenvalue weighted by Crippen LogP contribution is -2.36. The number of fused-ring (bicyclic) bond motifs is 1. The van der Waals surface area contributed by atoms with Crippen LogP contribution in [0.5, 0.6) is 0 Å². The second kappa shape index (κ2) is 6.65. The van der Waals surface area contributed by atoms with Gasteiger partial charge in [-0.2, -0.15) is 0 Å². The summed E-state index contributed by atoms with van der Waals surface area (Å²) in [5.41, 5.74) is 3.58. The molecule has 4 nitrogen and oxygen atoms in total. The molecular formula is C19H24FN3O. The number of aryl methyl sites for hydroxylation is 1. The van der Waals surface area contributed by atoms with Crippen molar-refractivity contribution in [3.63, 3.8) is 0 Å². The van der Waals surface area contributed by atoms with Crippen molar-refractivity contribution >= 4 is 0 Å². The van der Waals surface area contributed by atoms with Crippen LogP contribution in [-0.4, -0.2) is 34.2 Å². The average molecular weight is 329 g/mol. The summed E-state index contributed by atoms with van der Waals surface area (Å²) in [6, 6.07) is 6.78. The Bertz CT molecular complexity index is 693. The van der Waals surface area contributed by atoms with Crippen molar-refractivity contribution in [2.75, 3.05) is 19.8 Å². The van der Waals surface area contributed by atoms with Crippen molar-refractivity contribution in [3.8, 4) is 0 Å². The van der Waals surface area contributed by atoms with E-state index in [0.29, 0.717) is 5.92 Å². The number of hydrogen-bond acceptors (Lipinski definition) is 3. The van der Waals surface area contributed by atoms with Crippen molar-refractivity contribution in [1.29, 1.82) is 0 Å². The van der Waals surface area contributed by atoms with Crippen molar-refractivity contribution in [2.45, 2.75) is 31.8 Å². The van der Waals surface area contributed by atoms with Crippen LogP contribution in [-0.2, 0) is 24.9 Å². The van der Waals surface area contributed by atoms with Gasteiger partial charge in [0, 0.05) is 44.9 Å². The fourth-order valence-corrected chi connectivity index (χ4v) is 3.57. The Morgan fingerprint density at radius 1 is 1.21 bits per heavy atom. The number of nitrogens with zero attached hydrogens (tertiary/aromatic N) is 3. The zero-order valence-corrected chi connectivity index (χ0v) is 14.1. The van der Waals surface area contributed by atoms with Gasteiger partial charge in [0.2, 0.25) is 0 Å². The number of ether oxygens (including phenoxy) is 1. The maximum absolute atomic E-state index is 13.1. The molecule has 1 aromatic heterocycles. The Hall–Kier alpha value is -1.72. The van der Waals surface area contributed by atoms with Crippen LogP contribution in [0.25, 0.3) is 0 Å². The van der Waals surface area contributed by atoms with E-state index in [2.05, 4.69) is 21.5 Å². The minimum atomic E-state index is -0.184. The van der Waals surface area contributed by atoms with Crippen LogP contribution in [0.3, 0.4) is 0 Å². The molecule has 0 saturated heterocycles. The normalized spacial score (nSPS) is 21.0. The molecule has 0 radical (unpaired) electrons. The molecule has 1 unspecified atom stereocenters. The predicted molar refractivity (Wildman–Crippen MR) is 90.0 cm³/mol. The van der Waals surface area contributed by atoms with Crippen molar-refractivity contribution in [3.05, 3.63) is 53.4 Å². The summed E-state index contributed by atoms with van der Waals surface area (Å²) in [7, 11) is 2.06. The van der Waals surface area contributed by atoms with Gasteiger partial charge in [0.15, 0.2) is 0 Å². The second-order valence-corrected chi connectivity index (χ2v) is 7.16. The number of hydrogen-bond donors (Lipinski definition) is 0. The summed E-state index contributed by atoms with van der Waals surface area (Å²) in [5, 5.41) is 0. The van der Waals surface area contributed by atoms with Crippen LogP contribution in [0.2, 0.25) is 0 Å². The third kappa shape index (κ3) is 3.52. The summed E-state index contributed by atoms with van der Waals surface area (Å²) >= 11 is 0. The standard InChI is InChI=1S/C19H24FN3O/c1-22-13-21-18-10-23(8-14-4-6-17(20)7-5-14)9-16(19(18)22)12-24-11-15-2-3-15/h4-7,13,15-16H,2-3,8-12H2,1H3. The van der Waals surface area contributed by atoms with Crippen LogP contribution in [0.15, 0.2) is 30.6 Å². The topological polar surface area (TPSA) is 30.3 Å². The van der Waals surface area contributed by atoms with Gasteiger partial charge in [0.25, 0.3) is 0 Å². The molecule has 1 atom stereocenters. The molecule has 2 aromatic rings. The summed E-state index contributed by atoms with van der Waals surface area (Å²) in [4.78, 5) is 6.96. The van der Waals surface area contributed by atoms with E-state index >= 15 is 0 Å². The lowest BCUT2D eigenvalue weighted by Gasteiger charge is -2.33. The Labute approximate surface area is 142 Å². The first-order valence-corrected chi connectivity index (χ1v) is 8.73. The van der Waals surface area contributed by atoms with Gasteiger partial charge in [-0.05, 0) is 36.5 Å². The largest absolute Gasteiger partial charge is 0.380 e. The Morgan fingerprint density at radius 2 is 2.00 bits per heavy atom. The van der Waals surface area contributed by atoms with E-state index in [1.165, 1.54) is 30.7 Å². The second-order valence-electron chi connectivity index (χ2n) is 7.16. The monoisotopic (exact) mass is 329 g/mol. The summed E-state index contributed by atoms with van der Waals surface area (Å²) in [5.74, 6) is 0.950. The van der Waals surface area contributed by atoms with Crippen molar-refractivity contribution in [2.24, 2.45) is 13.0 Å². The van der Waals surface area contributed by atoms with Gasteiger partial charge in [-0.3, -0.25) is 4.90 Å². The highest BCUT2D eigenvalue weighted by Crippen LogP contribution is 2.31. The maximum Gasteiger partial charge on any atom is 0.123 e. The number of aromatic nitrogens is 2. The Kier molecular flexibility index (Phi) is 4.37. The van der Waals surface area contributed by atoms with Gasteiger partial charge >= 0.3 is 0 Å². The van der Waals surface area contributed by atoms with Crippen LogP contribution < -0.4 is 0 Å². The van der Waals surface area contributed by atoms with Gasteiger partial charge in [-0.15, -0.1) is 0 Å². The van der Waals surface area contributed by atoms with Crippen LogP contribution in [0.1, 0.15) is 35.7 Å². The van der Waals surface area contributed by atoms with Gasteiger partial charge in [0.1, 0.15) is 5.82 Å². The van der Waals surface area contributed by atoms with Crippen molar-refractivity contribution < 1.29 is 9.13 Å². The molecule has 24 heavy (non-hydrogen) atoms. The molecule has 1 aliphatic carbocycles. The molecule has 0 amide bonds. The molecule has 5 heteroatoms. The van der Waals surface area contributed by atoms with Gasteiger partial charge < -0.3 is 9.30 Å². The highest BCUT2D eigenvalue weighted by atomic mass is 19.1.